The van der Waals surface area contributed by atoms with Gasteiger partial charge in [-0.05, 0) is 66.3 Å². The normalized spacial score (nSPS) is 28.2. The van der Waals surface area contributed by atoms with Gasteiger partial charge in [0.05, 0.1) is 3.79 Å². The third kappa shape index (κ3) is 3.11. The zero-order valence-corrected chi connectivity index (χ0v) is 12.9. The van der Waals surface area contributed by atoms with Gasteiger partial charge in [-0.2, -0.15) is 0 Å². The highest BCUT2D eigenvalue weighted by Gasteiger charge is 2.28. The van der Waals surface area contributed by atoms with Crippen molar-refractivity contribution in [2.75, 3.05) is 19.6 Å². The molecule has 0 aromatic carbocycles. The molecule has 1 aliphatic heterocycles. The molecular formula is C13H21BrN2S. The number of piperidine rings is 1. The van der Waals surface area contributed by atoms with E-state index in [4.69, 9.17) is 5.73 Å². The van der Waals surface area contributed by atoms with Gasteiger partial charge in [-0.15, -0.1) is 11.3 Å². The predicted octanol–water partition coefficient (Wildman–Crippen LogP) is 3.49. The Bertz CT molecular complexity index is 366. The first kappa shape index (κ1) is 13.5. The maximum absolute atomic E-state index is 5.87. The number of likely N-dealkylation sites (tertiary alicyclic amines) is 1. The van der Waals surface area contributed by atoms with E-state index in [0.717, 1.165) is 19.0 Å². The van der Waals surface area contributed by atoms with Crippen LogP contribution < -0.4 is 5.73 Å². The summed E-state index contributed by atoms with van der Waals surface area (Å²) in [6, 6.07) is 4.89. The second-order valence-corrected chi connectivity index (χ2v) is 7.57. The van der Waals surface area contributed by atoms with Gasteiger partial charge < -0.3 is 5.73 Å². The number of halogens is 1. The molecule has 3 unspecified atom stereocenters. The van der Waals surface area contributed by atoms with Gasteiger partial charge in [0.25, 0.3) is 0 Å². The van der Waals surface area contributed by atoms with Crippen LogP contribution in [-0.2, 0) is 0 Å². The van der Waals surface area contributed by atoms with E-state index in [9.17, 15) is 0 Å². The van der Waals surface area contributed by atoms with Crippen LogP contribution in [0, 0.1) is 11.8 Å². The quantitative estimate of drug-likeness (QED) is 0.925. The summed E-state index contributed by atoms with van der Waals surface area (Å²) in [6.45, 7) is 7.81. The Hall–Kier alpha value is 0.1000. The molecule has 4 heteroatoms. The van der Waals surface area contributed by atoms with Crippen molar-refractivity contribution in [3.63, 3.8) is 0 Å². The lowest BCUT2D eigenvalue weighted by atomic mass is 9.86. The predicted molar refractivity (Wildman–Crippen MR) is 78.3 cm³/mol. The van der Waals surface area contributed by atoms with E-state index in [2.05, 4.69) is 46.8 Å². The fourth-order valence-electron chi connectivity index (χ4n) is 2.57. The molecule has 2 N–H and O–H groups in total. The van der Waals surface area contributed by atoms with Crippen molar-refractivity contribution < 1.29 is 0 Å². The van der Waals surface area contributed by atoms with Gasteiger partial charge >= 0.3 is 0 Å². The molecule has 1 fully saturated rings. The fraction of sp³-hybridized carbons (Fsp3) is 0.692. The molecule has 0 amide bonds. The van der Waals surface area contributed by atoms with Gasteiger partial charge in [-0.1, -0.05) is 6.92 Å². The van der Waals surface area contributed by atoms with Crippen LogP contribution in [0.15, 0.2) is 15.9 Å². The van der Waals surface area contributed by atoms with E-state index >= 15 is 0 Å². The highest BCUT2D eigenvalue weighted by atomic mass is 79.9. The number of thiophene rings is 1. The molecule has 1 saturated heterocycles. The van der Waals surface area contributed by atoms with E-state index in [-0.39, 0.29) is 0 Å². The van der Waals surface area contributed by atoms with Crippen molar-refractivity contribution >= 4 is 27.3 Å². The SMILES string of the molecule is CC1CCN(C(C)c2ccc(Br)s2)CC1CN. The molecule has 2 rings (SSSR count). The molecule has 17 heavy (non-hydrogen) atoms. The largest absolute Gasteiger partial charge is 0.330 e. The van der Waals surface area contributed by atoms with Crippen LogP contribution in [0.25, 0.3) is 0 Å². The summed E-state index contributed by atoms with van der Waals surface area (Å²) in [6.07, 6.45) is 1.28. The van der Waals surface area contributed by atoms with Crippen molar-refractivity contribution in [3.05, 3.63) is 20.8 Å². The number of hydrogen-bond donors (Lipinski definition) is 1. The summed E-state index contributed by atoms with van der Waals surface area (Å²) in [5, 5.41) is 0. The van der Waals surface area contributed by atoms with Gasteiger partial charge in [0.1, 0.15) is 0 Å². The first-order valence-electron chi connectivity index (χ1n) is 6.31. The van der Waals surface area contributed by atoms with Crippen molar-refractivity contribution in [1.82, 2.24) is 4.90 Å². The molecule has 0 aliphatic carbocycles. The smallest absolute Gasteiger partial charge is 0.0701 e. The fourth-order valence-corrected chi connectivity index (χ4v) is 4.08. The molecule has 0 radical (unpaired) electrons. The molecule has 0 bridgehead atoms. The number of nitrogens with zero attached hydrogens (tertiary/aromatic N) is 1. The molecule has 2 nitrogen and oxygen atoms in total. The van der Waals surface area contributed by atoms with E-state index in [1.165, 1.54) is 21.6 Å². The van der Waals surface area contributed by atoms with Crippen molar-refractivity contribution in [2.24, 2.45) is 17.6 Å². The van der Waals surface area contributed by atoms with Crippen LogP contribution in [0.3, 0.4) is 0 Å². The summed E-state index contributed by atoms with van der Waals surface area (Å²) < 4.78 is 1.22. The van der Waals surface area contributed by atoms with E-state index in [1.807, 2.05) is 11.3 Å². The Labute approximate surface area is 116 Å². The van der Waals surface area contributed by atoms with E-state index < -0.39 is 0 Å². The first-order chi connectivity index (χ1) is 8.11. The third-order valence-corrected chi connectivity index (χ3v) is 5.80. The topological polar surface area (TPSA) is 29.3 Å². The Kier molecular flexibility index (Phi) is 4.64. The maximum Gasteiger partial charge on any atom is 0.0701 e. The Morgan fingerprint density at radius 3 is 2.94 bits per heavy atom. The van der Waals surface area contributed by atoms with Crippen LogP contribution in [0.5, 0.6) is 0 Å². The second kappa shape index (κ2) is 5.83. The second-order valence-electron chi connectivity index (χ2n) is 5.07. The Morgan fingerprint density at radius 1 is 1.59 bits per heavy atom. The number of hydrogen-bond acceptors (Lipinski definition) is 3. The average Bonchev–Trinajstić information content (AvgIpc) is 2.75. The van der Waals surface area contributed by atoms with E-state index in [1.54, 1.807) is 0 Å². The van der Waals surface area contributed by atoms with Gasteiger partial charge in [-0.3, -0.25) is 4.90 Å². The van der Waals surface area contributed by atoms with Gasteiger partial charge in [-0.25, -0.2) is 0 Å². The van der Waals surface area contributed by atoms with Gasteiger partial charge in [0.15, 0.2) is 0 Å². The maximum atomic E-state index is 5.87. The van der Waals surface area contributed by atoms with Crippen LogP contribution in [0.2, 0.25) is 0 Å². The minimum Gasteiger partial charge on any atom is -0.330 e. The van der Waals surface area contributed by atoms with Crippen LogP contribution >= 0.6 is 27.3 Å². The first-order valence-corrected chi connectivity index (χ1v) is 7.92. The molecule has 2 heterocycles. The molecular weight excluding hydrogens is 296 g/mol. The minimum absolute atomic E-state index is 0.521. The zero-order valence-electron chi connectivity index (χ0n) is 10.5. The summed E-state index contributed by atoms with van der Waals surface area (Å²) in [5.41, 5.74) is 5.87. The highest BCUT2D eigenvalue weighted by molar-refractivity contribution is 9.11. The average molecular weight is 317 g/mol. The van der Waals surface area contributed by atoms with Gasteiger partial charge in [0, 0.05) is 17.5 Å². The molecule has 1 aliphatic rings. The third-order valence-electron chi connectivity index (χ3n) is 4.00. The lowest BCUT2D eigenvalue weighted by molar-refractivity contribution is 0.0992. The molecule has 1 aromatic rings. The van der Waals surface area contributed by atoms with Crippen molar-refractivity contribution in [1.29, 1.82) is 0 Å². The molecule has 0 spiro atoms. The summed E-state index contributed by atoms with van der Waals surface area (Å²) in [5.74, 6) is 1.44. The monoisotopic (exact) mass is 316 g/mol. The summed E-state index contributed by atoms with van der Waals surface area (Å²) in [7, 11) is 0. The van der Waals surface area contributed by atoms with Crippen LogP contribution in [-0.4, -0.2) is 24.5 Å². The van der Waals surface area contributed by atoms with Crippen LogP contribution in [0.1, 0.15) is 31.2 Å². The number of rotatable bonds is 3. The van der Waals surface area contributed by atoms with Crippen LogP contribution in [0.4, 0.5) is 0 Å². The Morgan fingerprint density at radius 2 is 2.35 bits per heavy atom. The zero-order chi connectivity index (χ0) is 12.4. The summed E-state index contributed by atoms with van der Waals surface area (Å²) >= 11 is 5.38. The van der Waals surface area contributed by atoms with Gasteiger partial charge in [0.2, 0.25) is 0 Å². The summed E-state index contributed by atoms with van der Waals surface area (Å²) in [4.78, 5) is 4.03. The molecule has 3 atom stereocenters. The molecule has 96 valence electrons. The molecule has 0 saturated carbocycles. The highest BCUT2D eigenvalue weighted by Crippen LogP contribution is 2.34. The lowest BCUT2D eigenvalue weighted by Crippen LogP contribution is -2.43. The van der Waals surface area contributed by atoms with E-state index in [0.29, 0.717) is 12.0 Å². The Balaban J connectivity index is 2.03. The lowest BCUT2D eigenvalue weighted by Gasteiger charge is -2.39. The molecule has 1 aromatic heterocycles. The minimum atomic E-state index is 0.521. The van der Waals surface area contributed by atoms with Crippen molar-refractivity contribution in [3.8, 4) is 0 Å². The standard InChI is InChI=1S/C13H21BrN2S/c1-9-5-6-16(8-11(9)7-15)10(2)12-3-4-13(14)17-12/h3-4,9-11H,5-8,15H2,1-2H3. The van der Waals surface area contributed by atoms with Crippen molar-refractivity contribution in [2.45, 2.75) is 26.3 Å². The number of nitrogens with two attached hydrogens (primary N) is 1.